The fraction of sp³-hybridized carbons (Fsp3) is 0.214. The van der Waals surface area contributed by atoms with E-state index in [2.05, 4.69) is 5.10 Å². The molecule has 1 aromatic carbocycles. The number of carbonyl (C=O) groups is 2. The minimum atomic E-state index is -4.63. The molecule has 7 nitrogen and oxygen atoms in total. The molecule has 0 unspecified atom stereocenters. The van der Waals surface area contributed by atoms with Crippen LogP contribution in [0.5, 0.6) is 0 Å². The Labute approximate surface area is 133 Å². The van der Waals surface area contributed by atoms with Crippen LogP contribution in [0.3, 0.4) is 0 Å². The highest BCUT2D eigenvalue weighted by Gasteiger charge is 2.31. The van der Waals surface area contributed by atoms with E-state index in [0.29, 0.717) is 10.2 Å². The van der Waals surface area contributed by atoms with Gasteiger partial charge in [0.2, 0.25) is 0 Å². The van der Waals surface area contributed by atoms with Crippen LogP contribution in [-0.2, 0) is 17.9 Å². The molecular formula is C14H12F3N3O4. The summed E-state index contributed by atoms with van der Waals surface area (Å²) in [6, 6.07) is 8.57. The summed E-state index contributed by atoms with van der Waals surface area (Å²) < 4.78 is 42.7. The van der Waals surface area contributed by atoms with E-state index < -0.39 is 36.2 Å². The zero-order chi connectivity index (χ0) is 17.7. The lowest BCUT2D eigenvalue weighted by Crippen LogP contribution is -2.23. The number of carbonyl (C=O) groups excluding carboxylic acids is 1. The van der Waals surface area contributed by atoms with Crippen LogP contribution >= 0.6 is 0 Å². The molecule has 2 rings (SSSR count). The Morgan fingerprint density at radius 3 is 2.50 bits per heavy atom. The van der Waals surface area contributed by atoms with Crippen molar-refractivity contribution in [3.05, 3.63) is 47.7 Å². The third-order valence-corrected chi connectivity index (χ3v) is 2.83. The molecule has 0 radical (unpaired) electrons. The van der Waals surface area contributed by atoms with Gasteiger partial charge in [-0.05, 0) is 5.56 Å². The lowest BCUT2D eigenvalue weighted by molar-refractivity contribution is -0.142. The van der Waals surface area contributed by atoms with Crippen molar-refractivity contribution >= 4 is 17.9 Å². The van der Waals surface area contributed by atoms with Gasteiger partial charge in [0.05, 0.1) is 6.20 Å². The van der Waals surface area contributed by atoms with Crippen molar-refractivity contribution in [3.8, 4) is 0 Å². The van der Waals surface area contributed by atoms with Crippen LogP contribution in [0, 0.1) is 0 Å². The van der Waals surface area contributed by atoms with Crippen LogP contribution in [0.2, 0.25) is 0 Å². The Balaban J connectivity index is 2.10. The Hall–Kier alpha value is -3.04. The minimum Gasteiger partial charge on any atom is -0.477 e. The van der Waals surface area contributed by atoms with Gasteiger partial charge in [0.25, 0.3) is 0 Å². The summed E-state index contributed by atoms with van der Waals surface area (Å²) in [5.41, 5.74) is 0.0887. The van der Waals surface area contributed by atoms with E-state index >= 15 is 0 Å². The van der Waals surface area contributed by atoms with Gasteiger partial charge >= 0.3 is 18.2 Å². The monoisotopic (exact) mass is 343 g/mol. The molecule has 1 aromatic heterocycles. The number of nitrogens with one attached hydrogen (secondary N) is 1. The topological polar surface area (TPSA) is 93.5 Å². The second-order valence-electron chi connectivity index (χ2n) is 4.67. The molecule has 0 spiro atoms. The van der Waals surface area contributed by atoms with Gasteiger partial charge in [0, 0.05) is 0 Å². The van der Waals surface area contributed by atoms with Gasteiger partial charge in [0.1, 0.15) is 24.5 Å². The van der Waals surface area contributed by atoms with Crippen LogP contribution in [-0.4, -0.2) is 33.1 Å². The third kappa shape index (κ3) is 4.73. The molecule has 128 valence electrons. The van der Waals surface area contributed by atoms with Crippen LogP contribution in [0.15, 0.2) is 36.5 Å². The molecule has 0 aliphatic carbocycles. The Morgan fingerprint density at radius 1 is 1.25 bits per heavy atom. The van der Waals surface area contributed by atoms with E-state index in [1.54, 1.807) is 30.3 Å². The number of hydrogen-bond donors (Lipinski definition) is 2. The quantitative estimate of drug-likeness (QED) is 0.871. The van der Waals surface area contributed by atoms with E-state index in [9.17, 15) is 22.8 Å². The van der Waals surface area contributed by atoms with Crippen LogP contribution in [0.25, 0.3) is 0 Å². The number of anilines is 1. The number of benzene rings is 1. The molecule has 0 bridgehead atoms. The zero-order valence-corrected chi connectivity index (χ0v) is 12.1. The number of nitrogens with zero attached hydrogens (tertiary/aromatic N) is 2. The summed E-state index contributed by atoms with van der Waals surface area (Å²) in [7, 11) is 0. The predicted molar refractivity (Wildman–Crippen MR) is 75.5 cm³/mol. The molecule has 0 aliphatic rings. The lowest BCUT2D eigenvalue weighted by Gasteiger charge is -2.12. The van der Waals surface area contributed by atoms with Crippen molar-refractivity contribution in [1.29, 1.82) is 0 Å². The Bertz CT molecular complexity index is 729. The maximum Gasteiger partial charge on any atom is 0.413 e. The highest BCUT2D eigenvalue weighted by Crippen LogP contribution is 2.23. The molecule has 0 saturated heterocycles. The number of aromatic carboxylic acids is 1. The number of aromatic nitrogens is 2. The average molecular weight is 343 g/mol. The molecule has 0 atom stereocenters. The molecule has 0 aliphatic heterocycles. The Morgan fingerprint density at radius 2 is 1.92 bits per heavy atom. The first-order valence-corrected chi connectivity index (χ1v) is 6.60. The summed E-state index contributed by atoms with van der Waals surface area (Å²) in [4.78, 5) is 22.8. The first-order chi connectivity index (χ1) is 11.3. The van der Waals surface area contributed by atoms with Crippen molar-refractivity contribution in [1.82, 2.24) is 9.78 Å². The van der Waals surface area contributed by atoms with E-state index in [1.807, 2.05) is 5.32 Å². The van der Waals surface area contributed by atoms with E-state index in [0.717, 1.165) is 6.20 Å². The smallest absolute Gasteiger partial charge is 0.413 e. The van der Waals surface area contributed by atoms with Crippen molar-refractivity contribution in [2.45, 2.75) is 19.3 Å². The maximum atomic E-state index is 12.5. The average Bonchev–Trinajstić information content (AvgIpc) is 2.87. The van der Waals surface area contributed by atoms with Crippen molar-refractivity contribution in [2.24, 2.45) is 0 Å². The van der Waals surface area contributed by atoms with Crippen molar-refractivity contribution < 1.29 is 32.6 Å². The molecule has 1 amide bonds. The molecule has 2 N–H and O–H groups in total. The van der Waals surface area contributed by atoms with Crippen molar-refractivity contribution in [2.75, 3.05) is 5.32 Å². The van der Waals surface area contributed by atoms with Gasteiger partial charge in [-0.25, -0.2) is 14.3 Å². The van der Waals surface area contributed by atoms with Gasteiger partial charge < -0.3 is 9.84 Å². The van der Waals surface area contributed by atoms with Gasteiger partial charge in [-0.1, -0.05) is 30.3 Å². The summed E-state index contributed by atoms with van der Waals surface area (Å²) in [6.07, 6.45) is -5.00. The largest absolute Gasteiger partial charge is 0.477 e. The number of hydrogen-bond acceptors (Lipinski definition) is 4. The second-order valence-corrected chi connectivity index (χ2v) is 4.67. The molecule has 1 heterocycles. The summed E-state index contributed by atoms with van der Waals surface area (Å²) in [5, 5.41) is 14.3. The number of carboxylic acid groups (broad SMARTS) is 1. The number of halogens is 3. The molecular weight excluding hydrogens is 331 g/mol. The van der Waals surface area contributed by atoms with E-state index in [-0.39, 0.29) is 6.61 Å². The minimum absolute atomic E-state index is 0.123. The van der Waals surface area contributed by atoms with Crippen molar-refractivity contribution in [3.63, 3.8) is 0 Å². The SMILES string of the molecule is O=C(Nc1c(C(=O)O)cnn1CC(F)(F)F)OCc1ccccc1. The normalized spacial score (nSPS) is 11.1. The first kappa shape index (κ1) is 17.3. The number of carboxylic acids is 1. The Kier molecular flexibility index (Phi) is 5.07. The first-order valence-electron chi connectivity index (χ1n) is 6.60. The fourth-order valence-corrected chi connectivity index (χ4v) is 1.82. The van der Waals surface area contributed by atoms with E-state index in [4.69, 9.17) is 9.84 Å². The van der Waals surface area contributed by atoms with Crippen LogP contribution < -0.4 is 5.32 Å². The van der Waals surface area contributed by atoms with Crippen LogP contribution in [0.1, 0.15) is 15.9 Å². The molecule has 0 saturated carbocycles. The highest BCUT2D eigenvalue weighted by molar-refractivity contribution is 5.97. The maximum absolute atomic E-state index is 12.5. The summed E-state index contributed by atoms with van der Waals surface area (Å²) in [5.74, 6) is -2.13. The standard InChI is InChI=1S/C14H12F3N3O4/c15-14(16,17)8-20-11(10(6-18-20)12(21)22)19-13(23)24-7-9-4-2-1-3-5-9/h1-6H,7-8H2,(H,19,23)(H,21,22). The molecule has 24 heavy (non-hydrogen) atoms. The van der Waals surface area contributed by atoms with Gasteiger partial charge in [-0.2, -0.15) is 18.3 Å². The highest BCUT2D eigenvalue weighted by atomic mass is 19.4. The van der Waals surface area contributed by atoms with Gasteiger partial charge in [-0.15, -0.1) is 0 Å². The number of rotatable bonds is 5. The number of alkyl halides is 3. The molecule has 0 fully saturated rings. The van der Waals surface area contributed by atoms with Gasteiger partial charge in [-0.3, -0.25) is 5.32 Å². The lowest BCUT2D eigenvalue weighted by atomic mass is 10.2. The third-order valence-electron chi connectivity index (χ3n) is 2.83. The zero-order valence-electron chi connectivity index (χ0n) is 12.1. The summed E-state index contributed by atoms with van der Waals surface area (Å²) >= 11 is 0. The molecule has 10 heteroatoms. The predicted octanol–water partition coefficient (Wildman–Crippen LogP) is 2.89. The number of ether oxygens (including phenoxy) is 1. The molecule has 2 aromatic rings. The van der Waals surface area contributed by atoms with E-state index in [1.165, 1.54) is 0 Å². The van der Waals surface area contributed by atoms with Gasteiger partial charge in [0.15, 0.2) is 0 Å². The fourth-order valence-electron chi connectivity index (χ4n) is 1.82. The number of amides is 1. The second kappa shape index (κ2) is 7.02. The van der Waals surface area contributed by atoms with Crippen LogP contribution in [0.4, 0.5) is 23.8 Å². The summed E-state index contributed by atoms with van der Waals surface area (Å²) in [6.45, 7) is -1.67.